The Balaban J connectivity index is 2.62. The molecule has 0 aliphatic heterocycles. The van der Waals surface area contributed by atoms with E-state index in [9.17, 15) is 9.59 Å². The number of nitrogens with two attached hydrogens (primary N) is 2. The summed E-state index contributed by atoms with van der Waals surface area (Å²) in [5.74, 6) is -0.454. The molecule has 1 rings (SSSR count). The van der Waals surface area contributed by atoms with E-state index in [2.05, 4.69) is 10.1 Å². The highest BCUT2D eigenvalue weighted by Gasteiger charge is 2.13. The Morgan fingerprint density at radius 2 is 1.94 bits per heavy atom. The predicted octanol–water partition coefficient (Wildman–Crippen LogP) is 0.220. The van der Waals surface area contributed by atoms with Gasteiger partial charge in [0, 0.05) is 5.69 Å². The summed E-state index contributed by atoms with van der Waals surface area (Å²) in [4.78, 5) is 21.7. The zero-order chi connectivity index (χ0) is 12.8. The average Bonchev–Trinajstić information content (AvgIpc) is 2.30. The van der Waals surface area contributed by atoms with Crippen LogP contribution in [0.3, 0.4) is 0 Å². The smallest absolute Gasteiger partial charge is 0.322 e. The normalized spacial score (nSPS) is 11.6. The largest absolute Gasteiger partial charge is 0.468 e. The maximum atomic E-state index is 11.1. The van der Waals surface area contributed by atoms with Crippen molar-refractivity contribution in [1.82, 2.24) is 0 Å². The first kappa shape index (κ1) is 13.0. The van der Waals surface area contributed by atoms with Gasteiger partial charge >= 0.3 is 12.0 Å². The SMILES string of the molecule is COC(=O)[C@@H](N)Cc1ccc(NC(N)=O)cc1. The minimum absolute atomic E-state index is 0.378. The topological polar surface area (TPSA) is 107 Å². The van der Waals surface area contributed by atoms with E-state index >= 15 is 0 Å². The Morgan fingerprint density at radius 1 is 1.35 bits per heavy atom. The van der Waals surface area contributed by atoms with Gasteiger partial charge in [-0.15, -0.1) is 0 Å². The lowest BCUT2D eigenvalue weighted by molar-refractivity contribution is -0.142. The summed E-state index contributed by atoms with van der Waals surface area (Å²) in [6.07, 6.45) is 0.378. The number of rotatable bonds is 4. The number of amides is 2. The Hall–Kier alpha value is -2.08. The van der Waals surface area contributed by atoms with Gasteiger partial charge in [0.1, 0.15) is 6.04 Å². The van der Waals surface area contributed by atoms with Crippen molar-refractivity contribution in [3.8, 4) is 0 Å². The van der Waals surface area contributed by atoms with Gasteiger partial charge in [-0.2, -0.15) is 0 Å². The number of ether oxygens (including phenoxy) is 1. The lowest BCUT2D eigenvalue weighted by Gasteiger charge is -2.09. The number of benzene rings is 1. The van der Waals surface area contributed by atoms with Gasteiger partial charge in [-0.1, -0.05) is 12.1 Å². The molecule has 1 atom stereocenters. The van der Waals surface area contributed by atoms with Crippen LogP contribution in [0.25, 0.3) is 0 Å². The van der Waals surface area contributed by atoms with Gasteiger partial charge in [-0.25, -0.2) is 4.79 Å². The number of methoxy groups -OCH3 is 1. The molecule has 0 saturated carbocycles. The van der Waals surface area contributed by atoms with Crippen LogP contribution in [0, 0.1) is 0 Å². The Labute approximate surface area is 98.9 Å². The van der Waals surface area contributed by atoms with Crippen LogP contribution in [-0.2, 0) is 16.0 Å². The van der Waals surface area contributed by atoms with Crippen molar-refractivity contribution in [1.29, 1.82) is 0 Å². The van der Waals surface area contributed by atoms with E-state index in [-0.39, 0.29) is 0 Å². The molecule has 0 heterocycles. The quantitative estimate of drug-likeness (QED) is 0.651. The summed E-state index contributed by atoms with van der Waals surface area (Å²) in [6.45, 7) is 0. The van der Waals surface area contributed by atoms with Crippen LogP contribution in [-0.4, -0.2) is 25.2 Å². The number of nitrogens with one attached hydrogen (secondary N) is 1. The fourth-order valence-corrected chi connectivity index (χ4v) is 1.36. The molecule has 1 aromatic carbocycles. The first-order valence-electron chi connectivity index (χ1n) is 5.01. The van der Waals surface area contributed by atoms with Crippen molar-refractivity contribution < 1.29 is 14.3 Å². The third kappa shape index (κ3) is 4.12. The van der Waals surface area contributed by atoms with Crippen molar-refractivity contribution in [2.24, 2.45) is 11.5 Å². The zero-order valence-electron chi connectivity index (χ0n) is 9.47. The van der Waals surface area contributed by atoms with Crippen LogP contribution >= 0.6 is 0 Å². The zero-order valence-corrected chi connectivity index (χ0v) is 9.47. The van der Waals surface area contributed by atoms with Crippen molar-refractivity contribution in [3.63, 3.8) is 0 Å². The minimum Gasteiger partial charge on any atom is -0.468 e. The number of carbonyl (C=O) groups excluding carboxylic acids is 2. The average molecular weight is 237 g/mol. The molecule has 0 aliphatic carbocycles. The molecule has 17 heavy (non-hydrogen) atoms. The number of esters is 1. The molecule has 0 bridgehead atoms. The van der Waals surface area contributed by atoms with Crippen molar-refractivity contribution in [2.45, 2.75) is 12.5 Å². The lowest BCUT2D eigenvalue weighted by atomic mass is 10.1. The van der Waals surface area contributed by atoms with Crippen LogP contribution in [0.15, 0.2) is 24.3 Å². The summed E-state index contributed by atoms with van der Waals surface area (Å²) in [6, 6.07) is 5.58. The Morgan fingerprint density at radius 3 is 2.41 bits per heavy atom. The summed E-state index contributed by atoms with van der Waals surface area (Å²) >= 11 is 0. The van der Waals surface area contributed by atoms with Crippen molar-refractivity contribution >= 4 is 17.7 Å². The van der Waals surface area contributed by atoms with Crippen LogP contribution < -0.4 is 16.8 Å². The van der Waals surface area contributed by atoms with Crippen LogP contribution in [0.5, 0.6) is 0 Å². The van der Waals surface area contributed by atoms with Gasteiger partial charge in [-0.3, -0.25) is 4.79 Å². The Kier molecular flexibility index (Phi) is 4.47. The highest BCUT2D eigenvalue weighted by molar-refractivity contribution is 5.87. The second-order valence-corrected chi connectivity index (χ2v) is 3.52. The summed E-state index contributed by atoms with van der Waals surface area (Å²) in [5.41, 5.74) is 12.0. The summed E-state index contributed by atoms with van der Waals surface area (Å²) in [7, 11) is 1.29. The fourth-order valence-electron chi connectivity index (χ4n) is 1.36. The standard InChI is InChI=1S/C11H15N3O3/c1-17-10(15)9(12)6-7-2-4-8(5-3-7)14-11(13)16/h2-5,9H,6,12H2,1H3,(H3,13,14,16)/t9-/m0/s1. The first-order chi connectivity index (χ1) is 8.02. The summed E-state index contributed by atoms with van der Waals surface area (Å²) in [5, 5.41) is 2.44. The van der Waals surface area contributed by atoms with E-state index in [0.717, 1.165) is 5.56 Å². The predicted molar refractivity (Wildman–Crippen MR) is 63.3 cm³/mol. The number of carbonyl (C=O) groups is 2. The van der Waals surface area contributed by atoms with Gasteiger partial charge in [0.2, 0.25) is 0 Å². The molecule has 2 amide bonds. The van der Waals surface area contributed by atoms with E-state index in [4.69, 9.17) is 11.5 Å². The van der Waals surface area contributed by atoms with E-state index < -0.39 is 18.0 Å². The molecule has 5 N–H and O–H groups in total. The minimum atomic E-state index is -0.685. The molecule has 0 aliphatic rings. The molecular formula is C11H15N3O3. The van der Waals surface area contributed by atoms with E-state index in [0.29, 0.717) is 12.1 Å². The van der Waals surface area contributed by atoms with Crippen LogP contribution in [0.4, 0.5) is 10.5 Å². The van der Waals surface area contributed by atoms with Gasteiger partial charge < -0.3 is 21.5 Å². The lowest BCUT2D eigenvalue weighted by Crippen LogP contribution is -2.33. The fraction of sp³-hybridized carbons (Fsp3) is 0.273. The second-order valence-electron chi connectivity index (χ2n) is 3.52. The summed E-state index contributed by atoms with van der Waals surface area (Å²) < 4.78 is 4.52. The first-order valence-corrected chi connectivity index (χ1v) is 5.01. The second kappa shape index (κ2) is 5.86. The molecule has 0 unspecified atom stereocenters. The highest BCUT2D eigenvalue weighted by Crippen LogP contribution is 2.10. The molecular weight excluding hydrogens is 222 g/mol. The molecule has 0 spiro atoms. The van der Waals surface area contributed by atoms with Gasteiger partial charge in [0.05, 0.1) is 7.11 Å². The van der Waals surface area contributed by atoms with E-state index in [1.54, 1.807) is 24.3 Å². The van der Waals surface area contributed by atoms with E-state index in [1.807, 2.05) is 0 Å². The van der Waals surface area contributed by atoms with Crippen molar-refractivity contribution in [2.75, 3.05) is 12.4 Å². The maximum Gasteiger partial charge on any atom is 0.322 e. The van der Waals surface area contributed by atoms with Crippen molar-refractivity contribution in [3.05, 3.63) is 29.8 Å². The highest BCUT2D eigenvalue weighted by atomic mass is 16.5. The number of anilines is 1. The molecule has 0 fully saturated rings. The third-order valence-electron chi connectivity index (χ3n) is 2.18. The number of hydrogen-bond acceptors (Lipinski definition) is 4. The third-order valence-corrected chi connectivity index (χ3v) is 2.18. The molecule has 92 valence electrons. The van der Waals surface area contributed by atoms with Gasteiger partial charge in [0.15, 0.2) is 0 Å². The molecule has 0 saturated heterocycles. The Bertz CT molecular complexity index is 403. The number of urea groups is 1. The van der Waals surface area contributed by atoms with Gasteiger partial charge in [-0.05, 0) is 24.1 Å². The molecule has 6 nitrogen and oxygen atoms in total. The van der Waals surface area contributed by atoms with E-state index in [1.165, 1.54) is 7.11 Å². The number of primary amides is 1. The van der Waals surface area contributed by atoms with Crippen LogP contribution in [0.1, 0.15) is 5.56 Å². The van der Waals surface area contributed by atoms with Gasteiger partial charge in [0.25, 0.3) is 0 Å². The molecule has 6 heteroatoms. The number of hydrogen-bond donors (Lipinski definition) is 3. The molecule has 0 aromatic heterocycles. The molecule has 1 aromatic rings. The maximum absolute atomic E-state index is 11.1. The monoisotopic (exact) mass is 237 g/mol. The molecule has 0 radical (unpaired) electrons. The van der Waals surface area contributed by atoms with Crippen LogP contribution in [0.2, 0.25) is 0 Å².